The minimum Gasteiger partial charge on any atom is -0.462 e. The predicted octanol–water partition coefficient (Wildman–Crippen LogP) is 12.9. The molecule has 54 heavy (non-hydrogen) atoms. The number of aliphatic hydroxyl groups is 2. The van der Waals surface area contributed by atoms with E-state index in [1.54, 1.807) is 0 Å². The van der Waals surface area contributed by atoms with Crippen LogP contribution in [0.15, 0.2) is 60.8 Å². The molecule has 0 fully saturated rings. The predicted molar refractivity (Wildman–Crippen MR) is 232 cm³/mol. The number of hydrogen-bond acceptors (Lipinski definition) is 5. The lowest BCUT2D eigenvalue weighted by atomic mass is 10.0. The number of allylic oxidation sites excluding steroid dienone is 10. The van der Waals surface area contributed by atoms with Crippen molar-refractivity contribution in [1.29, 1.82) is 0 Å². The summed E-state index contributed by atoms with van der Waals surface area (Å²) in [5, 5.41) is 23.6. The smallest absolute Gasteiger partial charge is 0.306 e. The Hall–Kier alpha value is -2.44. The summed E-state index contributed by atoms with van der Waals surface area (Å²) in [5.74, 6) is -0.521. The van der Waals surface area contributed by atoms with Crippen LogP contribution in [0.25, 0.3) is 0 Å². The number of unbranched alkanes of at least 4 members (excludes halogenated alkanes) is 21. The molecular weight excluding hydrogens is 671 g/mol. The fourth-order valence-electron chi connectivity index (χ4n) is 6.52. The van der Waals surface area contributed by atoms with Crippen LogP contribution in [0, 0.1) is 0 Å². The van der Waals surface area contributed by atoms with E-state index in [2.05, 4.69) is 50.4 Å². The van der Waals surface area contributed by atoms with Crippen LogP contribution in [-0.4, -0.2) is 46.9 Å². The molecule has 312 valence electrons. The summed E-state index contributed by atoms with van der Waals surface area (Å²) in [6.45, 7) is 6.33. The van der Waals surface area contributed by atoms with Gasteiger partial charge in [0.15, 0.2) is 0 Å². The van der Waals surface area contributed by atoms with Crippen molar-refractivity contribution < 1.29 is 24.5 Å². The number of rotatable bonds is 39. The van der Waals surface area contributed by atoms with Crippen molar-refractivity contribution in [2.45, 2.75) is 225 Å². The van der Waals surface area contributed by atoms with E-state index >= 15 is 0 Å². The Kier molecular flexibility index (Phi) is 39.8. The van der Waals surface area contributed by atoms with Gasteiger partial charge in [0, 0.05) is 6.42 Å². The first-order valence-corrected chi connectivity index (χ1v) is 22.6. The zero-order valence-electron chi connectivity index (χ0n) is 35.3. The Bertz CT molecular complexity index is 984. The highest BCUT2D eigenvalue weighted by molar-refractivity contribution is 5.77. The average molecular weight is 756 g/mol. The molecule has 6 nitrogen and oxygen atoms in total. The van der Waals surface area contributed by atoms with Gasteiger partial charge >= 0.3 is 5.97 Å². The van der Waals surface area contributed by atoms with Crippen molar-refractivity contribution in [3.05, 3.63) is 60.8 Å². The third-order valence-electron chi connectivity index (χ3n) is 9.96. The van der Waals surface area contributed by atoms with Crippen LogP contribution in [-0.2, 0) is 14.3 Å². The molecule has 0 aliphatic rings. The Morgan fingerprint density at radius 3 is 1.50 bits per heavy atom. The molecule has 0 heterocycles. The Balaban J connectivity index is 4.73. The summed E-state index contributed by atoms with van der Waals surface area (Å²) >= 11 is 0. The molecule has 3 unspecified atom stereocenters. The number of amides is 1. The lowest BCUT2D eigenvalue weighted by molar-refractivity contribution is -0.151. The van der Waals surface area contributed by atoms with Crippen LogP contribution in [0.5, 0.6) is 0 Å². The zero-order valence-corrected chi connectivity index (χ0v) is 35.3. The van der Waals surface area contributed by atoms with Gasteiger partial charge in [-0.2, -0.15) is 0 Å². The largest absolute Gasteiger partial charge is 0.462 e. The van der Waals surface area contributed by atoms with Gasteiger partial charge in [0.2, 0.25) is 5.91 Å². The Morgan fingerprint density at radius 1 is 0.537 bits per heavy atom. The number of esters is 1. The van der Waals surface area contributed by atoms with Crippen LogP contribution in [0.1, 0.15) is 207 Å². The molecular formula is C48H85NO5. The van der Waals surface area contributed by atoms with Gasteiger partial charge in [-0.05, 0) is 44.9 Å². The van der Waals surface area contributed by atoms with Crippen molar-refractivity contribution in [1.82, 2.24) is 5.32 Å². The first-order valence-electron chi connectivity index (χ1n) is 22.6. The maximum absolute atomic E-state index is 13.1. The summed E-state index contributed by atoms with van der Waals surface area (Å²) in [5.41, 5.74) is 0. The number of ether oxygens (including phenoxy) is 1. The third-order valence-corrected chi connectivity index (χ3v) is 9.96. The molecule has 0 saturated carbocycles. The summed E-state index contributed by atoms with van der Waals surface area (Å²) in [6, 6.07) is -0.713. The van der Waals surface area contributed by atoms with Gasteiger partial charge in [-0.3, -0.25) is 9.59 Å². The molecule has 0 bridgehead atoms. The van der Waals surface area contributed by atoms with E-state index in [0.717, 1.165) is 70.6 Å². The van der Waals surface area contributed by atoms with E-state index in [1.165, 1.54) is 89.9 Å². The molecule has 3 N–H and O–H groups in total. The molecule has 0 aromatic heterocycles. The molecule has 0 spiro atoms. The van der Waals surface area contributed by atoms with Gasteiger partial charge in [-0.1, -0.05) is 210 Å². The Morgan fingerprint density at radius 2 is 0.981 bits per heavy atom. The van der Waals surface area contributed by atoms with E-state index in [-0.39, 0.29) is 24.9 Å². The average Bonchev–Trinajstić information content (AvgIpc) is 3.16. The number of aliphatic hydroxyl groups excluding tert-OH is 2. The SMILES string of the molecule is CCC/C=C/C=C/C=C/C=C/C=C/CCCCCC(CC(=O)NC(CO)C(O)CCCCCCCCCCC)OC(=O)CCCCCCCCCCCC. The van der Waals surface area contributed by atoms with Crippen LogP contribution in [0.3, 0.4) is 0 Å². The fourth-order valence-corrected chi connectivity index (χ4v) is 6.52. The second-order valence-electron chi connectivity index (χ2n) is 15.2. The van der Waals surface area contributed by atoms with Crippen molar-refractivity contribution >= 4 is 11.9 Å². The summed E-state index contributed by atoms with van der Waals surface area (Å²) in [7, 11) is 0. The number of carbonyl (C=O) groups is 2. The molecule has 0 aromatic rings. The van der Waals surface area contributed by atoms with Crippen LogP contribution in [0.4, 0.5) is 0 Å². The topological polar surface area (TPSA) is 95.9 Å². The standard InChI is InChI=1S/C48H85NO5/c1-4-7-10-13-16-19-21-22-23-24-25-26-28-30-33-36-39-44(54-48(53)41-38-35-32-29-20-17-14-11-8-5-2)42-47(52)49-45(43-50)46(51)40-37-34-31-27-18-15-12-9-6-3/h10,13,16,19,21-26,44-46,50-51H,4-9,11-12,14-15,17-18,20,27-43H2,1-3H3,(H,49,52)/b13-10+,19-16+,22-21+,24-23+,26-25+. The highest BCUT2D eigenvalue weighted by Gasteiger charge is 2.24. The lowest BCUT2D eigenvalue weighted by Crippen LogP contribution is -2.46. The highest BCUT2D eigenvalue weighted by Crippen LogP contribution is 2.17. The molecule has 1 amide bonds. The molecule has 0 aromatic carbocycles. The van der Waals surface area contributed by atoms with E-state index in [0.29, 0.717) is 19.3 Å². The minimum absolute atomic E-state index is 0.0491. The quantitative estimate of drug-likeness (QED) is 0.0330. The maximum Gasteiger partial charge on any atom is 0.306 e. The summed E-state index contributed by atoms with van der Waals surface area (Å²) < 4.78 is 5.87. The molecule has 0 aliphatic heterocycles. The number of nitrogens with one attached hydrogen (secondary N) is 1. The number of carbonyl (C=O) groups excluding carboxylic acids is 2. The lowest BCUT2D eigenvalue weighted by Gasteiger charge is -2.24. The first-order chi connectivity index (χ1) is 26.5. The van der Waals surface area contributed by atoms with Crippen LogP contribution >= 0.6 is 0 Å². The molecule has 0 rings (SSSR count). The first kappa shape index (κ1) is 51.6. The van der Waals surface area contributed by atoms with Gasteiger partial charge in [0.05, 0.1) is 25.2 Å². The van der Waals surface area contributed by atoms with Gasteiger partial charge in [0.1, 0.15) is 6.10 Å². The fraction of sp³-hybridized carbons (Fsp3) is 0.750. The Labute approximate surface area is 333 Å². The van der Waals surface area contributed by atoms with Crippen LogP contribution < -0.4 is 5.32 Å². The summed E-state index contributed by atoms with van der Waals surface area (Å²) in [4.78, 5) is 25.9. The number of hydrogen-bond donors (Lipinski definition) is 3. The van der Waals surface area contributed by atoms with E-state index < -0.39 is 18.2 Å². The van der Waals surface area contributed by atoms with E-state index in [4.69, 9.17) is 4.74 Å². The van der Waals surface area contributed by atoms with E-state index in [1.807, 2.05) is 36.5 Å². The molecule has 0 saturated heterocycles. The minimum atomic E-state index is -0.797. The van der Waals surface area contributed by atoms with Crippen LogP contribution in [0.2, 0.25) is 0 Å². The highest BCUT2D eigenvalue weighted by atomic mass is 16.5. The third kappa shape index (κ3) is 36.5. The van der Waals surface area contributed by atoms with Gasteiger partial charge in [0.25, 0.3) is 0 Å². The maximum atomic E-state index is 13.1. The summed E-state index contributed by atoms with van der Waals surface area (Å²) in [6.07, 6.45) is 49.9. The molecule has 0 radical (unpaired) electrons. The van der Waals surface area contributed by atoms with Gasteiger partial charge in [-0.25, -0.2) is 0 Å². The van der Waals surface area contributed by atoms with Crippen molar-refractivity contribution in [2.24, 2.45) is 0 Å². The van der Waals surface area contributed by atoms with Crippen molar-refractivity contribution in [3.8, 4) is 0 Å². The molecule has 6 heteroatoms. The molecule has 0 aliphatic carbocycles. The van der Waals surface area contributed by atoms with Gasteiger partial charge < -0.3 is 20.3 Å². The van der Waals surface area contributed by atoms with Gasteiger partial charge in [-0.15, -0.1) is 0 Å². The normalized spacial score (nSPS) is 13.9. The van der Waals surface area contributed by atoms with Crippen molar-refractivity contribution in [3.63, 3.8) is 0 Å². The second-order valence-corrected chi connectivity index (χ2v) is 15.2. The van der Waals surface area contributed by atoms with E-state index in [9.17, 15) is 19.8 Å². The van der Waals surface area contributed by atoms with Crippen molar-refractivity contribution in [2.75, 3.05) is 6.61 Å². The second kappa shape index (κ2) is 41.7. The molecule has 3 atom stereocenters. The monoisotopic (exact) mass is 756 g/mol. The zero-order chi connectivity index (χ0) is 39.6.